The van der Waals surface area contributed by atoms with Gasteiger partial charge in [0, 0.05) is 29.5 Å². The van der Waals surface area contributed by atoms with Gasteiger partial charge in [-0.05, 0) is 69.5 Å². The minimum Gasteiger partial charge on any atom is -0.476 e. The summed E-state index contributed by atoms with van der Waals surface area (Å²) in [7, 11) is 0. The number of imidazole rings is 1. The lowest BCUT2D eigenvalue weighted by molar-refractivity contribution is -0.0712. The third kappa shape index (κ3) is 5.36. The van der Waals surface area contributed by atoms with E-state index in [-0.39, 0.29) is 17.0 Å². The predicted octanol–water partition coefficient (Wildman–Crippen LogP) is 6.62. The molecule has 0 amide bonds. The summed E-state index contributed by atoms with van der Waals surface area (Å²) >= 11 is 7.10. The molecule has 2 unspecified atom stereocenters. The number of carbonyl (C=O) groups is 1. The third-order valence-corrected chi connectivity index (χ3v) is 9.82. The molecule has 9 nitrogen and oxygen atoms in total. The van der Waals surface area contributed by atoms with Crippen LogP contribution in [0.1, 0.15) is 64.6 Å². The topological polar surface area (TPSA) is 98.9 Å². The lowest BCUT2D eigenvalue weighted by Crippen LogP contribution is -2.35. The number of para-hydroxylation sites is 1. The van der Waals surface area contributed by atoms with Gasteiger partial charge in [0.05, 0.1) is 36.1 Å². The number of aromatic carboxylic acids is 1. The number of nitrogens with zero attached hydrogens (tertiary/aromatic N) is 4. The zero-order valence-electron chi connectivity index (χ0n) is 24.4. The van der Waals surface area contributed by atoms with E-state index < -0.39 is 17.6 Å². The van der Waals surface area contributed by atoms with E-state index in [1.54, 1.807) is 24.4 Å². The average molecular weight is 639 g/mol. The summed E-state index contributed by atoms with van der Waals surface area (Å²) < 4.78 is 35.3. The zero-order chi connectivity index (χ0) is 30.6. The van der Waals surface area contributed by atoms with Gasteiger partial charge in [-0.25, -0.2) is 19.2 Å². The van der Waals surface area contributed by atoms with Crippen molar-refractivity contribution in [2.75, 3.05) is 19.7 Å². The number of hydrogen-bond donors (Lipinski definition) is 1. The number of ether oxygens (including phenoxy) is 3. The zero-order valence-corrected chi connectivity index (χ0v) is 26.0. The standard InChI is InChI=1S/C32H32ClFN4O5S/c1-18-28(25-17-44-30(36-25)31(39)40)38(15-21-10-13-41-21)27(35-18)16-37-11-8-19(9-12-37)22-4-3-5-26-29(22)43-32(2,42-26)23-7-6-20(33)14-24(23)34/h3-7,14,17,19,21H,8-13,15-16H2,1-2H3,(H,39,40). The molecule has 1 N–H and O–H groups in total. The van der Waals surface area contributed by atoms with Gasteiger partial charge in [0.15, 0.2) is 11.5 Å². The monoisotopic (exact) mass is 638 g/mol. The lowest BCUT2D eigenvalue weighted by Gasteiger charge is -2.33. The molecule has 230 valence electrons. The highest BCUT2D eigenvalue weighted by atomic mass is 35.5. The van der Waals surface area contributed by atoms with Gasteiger partial charge in [-0.15, -0.1) is 11.3 Å². The molecule has 0 aliphatic carbocycles. The first-order valence-corrected chi connectivity index (χ1v) is 16.0. The second kappa shape index (κ2) is 11.4. The minimum atomic E-state index is -1.28. The maximum atomic E-state index is 14.8. The molecule has 44 heavy (non-hydrogen) atoms. The molecule has 12 heteroatoms. The molecule has 2 aromatic carbocycles. The fourth-order valence-corrected chi connectivity index (χ4v) is 7.22. The van der Waals surface area contributed by atoms with Gasteiger partial charge < -0.3 is 23.9 Å². The summed E-state index contributed by atoms with van der Waals surface area (Å²) in [5, 5.41) is 11.6. The molecular formula is C32H32ClFN4O5S. The van der Waals surface area contributed by atoms with E-state index >= 15 is 0 Å². The number of aryl methyl sites for hydroxylation is 1. The van der Waals surface area contributed by atoms with Crippen LogP contribution < -0.4 is 9.47 Å². The van der Waals surface area contributed by atoms with Gasteiger partial charge in [0.1, 0.15) is 17.3 Å². The van der Waals surface area contributed by atoms with Gasteiger partial charge in [0.25, 0.3) is 5.79 Å². The van der Waals surface area contributed by atoms with Gasteiger partial charge in [0.2, 0.25) is 5.01 Å². The molecule has 0 spiro atoms. The highest BCUT2D eigenvalue weighted by Gasteiger charge is 2.43. The van der Waals surface area contributed by atoms with E-state index in [9.17, 15) is 14.3 Å². The van der Waals surface area contributed by atoms with Crippen molar-refractivity contribution >= 4 is 28.9 Å². The number of hydrogen-bond acceptors (Lipinski definition) is 8. The van der Waals surface area contributed by atoms with Crippen molar-refractivity contribution in [1.82, 2.24) is 19.4 Å². The van der Waals surface area contributed by atoms with Crippen molar-refractivity contribution in [2.45, 2.75) is 64.0 Å². The number of piperidine rings is 1. The van der Waals surface area contributed by atoms with Crippen molar-refractivity contribution in [3.8, 4) is 22.9 Å². The fourth-order valence-electron chi connectivity index (χ4n) is 6.42. The molecule has 0 radical (unpaired) electrons. The molecular weight excluding hydrogens is 607 g/mol. The number of thiazole rings is 1. The number of carboxylic acid groups (broad SMARTS) is 1. The van der Waals surface area contributed by atoms with Crippen molar-refractivity contribution in [2.24, 2.45) is 0 Å². The normalized spacial score (nSPS) is 21.9. The molecule has 0 bridgehead atoms. The second-order valence-electron chi connectivity index (χ2n) is 11.7. The molecule has 7 rings (SSSR count). The molecule has 5 heterocycles. The molecule has 3 aliphatic heterocycles. The average Bonchev–Trinajstić information content (AvgIpc) is 3.66. The van der Waals surface area contributed by atoms with Crippen LogP contribution in [0.3, 0.4) is 0 Å². The molecule has 2 saturated heterocycles. The summed E-state index contributed by atoms with van der Waals surface area (Å²) in [4.78, 5) is 23.2. The summed E-state index contributed by atoms with van der Waals surface area (Å²) in [6, 6.07) is 10.4. The number of benzene rings is 2. The Morgan fingerprint density at radius 1 is 1.18 bits per heavy atom. The number of fused-ring (bicyclic) bond motifs is 1. The van der Waals surface area contributed by atoms with Crippen LogP contribution in [0.25, 0.3) is 11.4 Å². The lowest BCUT2D eigenvalue weighted by atomic mass is 9.88. The predicted molar refractivity (Wildman–Crippen MR) is 163 cm³/mol. The minimum absolute atomic E-state index is 0.0658. The number of rotatable bonds is 8. The number of halogens is 2. The first-order valence-electron chi connectivity index (χ1n) is 14.7. The van der Waals surface area contributed by atoms with Crippen molar-refractivity contribution in [3.63, 3.8) is 0 Å². The number of likely N-dealkylation sites (tertiary alicyclic amines) is 1. The van der Waals surface area contributed by atoms with Gasteiger partial charge in [-0.2, -0.15) is 0 Å². The van der Waals surface area contributed by atoms with Crippen LogP contribution >= 0.6 is 22.9 Å². The Labute approximate surface area is 263 Å². The smallest absolute Gasteiger partial charge is 0.365 e. The number of aromatic nitrogens is 3. The Balaban J connectivity index is 1.08. The maximum absolute atomic E-state index is 14.8. The second-order valence-corrected chi connectivity index (χ2v) is 13.0. The third-order valence-electron chi connectivity index (χ3n) is 8.75. The van der Waals surface area contributed by atoms with Gasteiger partial charge >= 0.3 is 5.97 Å². The Hall–Kier alpha value is -3.51. The van der Waals surface area contributed by atoms with Gasteiger partial charge in [-0.3, -0.25) is 4.90 Å². The van der Waals surface area contributed by atoms with E-state index in [4.69, 9.17) is 30.8 Å². The van der Waals surface area contributed by atoms with Crippen LogP contribution in [0.5, 0.6) is 11.5 Å². The van der Waals surface area contributed by atoms with Crippen molar-refractivity contribution < 1.29 is 28.5 Å². The van der Waals surface area contributed by atoms with Crippen LogP contribution in [-0.4, -0.2) is 56.3 Å². The van der Waals surface area contributed by atoms with E-state index in [0.29, 0.717) is 40.9 Å². The van der Waals surface area contributed by atoms with Crippen LogP contribution in [0.4, 0.5) is 4.39 Å². The molecule has 0 saturated carbocycles. The van der Waals surface area contributed by atoms with E-state index in [2.05, 4.69) is 20.5 Å². The first kappa shape index (κ1) is 29.2. The van der Waals surface area contributed by atoms with Crippen molar-refractivity contribution in [3.05, 3.63) is 80.3 Å². The molecule has 2 atom stereocenters. The van der Waals surface area contributed by atoms with Gasteiger partial charge in [-0.1, -0.05) is 23.7 Å². The summed E-state index contributed by atoms with van der Waals surface area (Å²) in [5.41, 5.74) is 3.68. The van der Waals surface area contributed by atoms with Crippen molar-refractivity contribution in [1.29, 1.82) is 0 Å². The van der Waals surface area contributed by atoms with Crippen LogP contribution in [0, 0.1) is 12.7 Å². The number of carboxylic acids is 1. The quantitative estimate of drug-likeness (QED) is 0.230. The summed E-state index contributed by atoms with van der Waals surface area (Å²) in [5.74, 6) is -0.325. The molecule has 2 fully saturated rings. The maximum Gasteiger partial charge on any atom is 0.365 e. The van der Waals surface area contributed by atoms with Crippen LogP contribution in [0.15, 0.2) is 41.8 Å². The molecule has 4 aromatic rings. The highest BCUT2D eigenvalue weighted by Crippen LogP contribution is 2.50. The largest absolute Gasteiger partial charge is 0.476 e. The molecule has 2 aromatic heterocycles. The van der Waals surface area contributed by atoms with E-state index in [1.807, 2.05) is 19.1 Å². The Bertz CT molecular complexity index is 1730. The van der Waals surface area contributed by atoms with Crippen LogP contribution in [0.2, 0.25) is 5.02 Å². The Kier molecular flexibility index (Phi) is 7.60. The summed E-state index contributed by atoms with van der Waals surface area (Å²) in [6.45, 7) is 7.47. The summed E-state index contributed by atoms with van der Waals surface area (Å²) in [6.07, 6.45) is 2.92. The fraction of sp³-hybridized carbons (Fsp3) is 0.406. The van der Waals surface area contributed by atoms with E-state index in [1.165, 1.54) is 6.07 Å². The first-order chi connectivity index (χ1) is 21.2. The Morgan fingerprint density at radius 2 is 1.98 bits per heavy atom. The van der Waals surface area contributed by atoms with E-state index in [0.717, 1.165) is 73.1 Å². The van der Waals surface area contributed by atoms with Crippen LogP contribution in [-0.2, 0) is 23.6 Å². The SMILES string of the molecule is Cc1nc(CN2CCC(c3cccc4c3OC(C)(c3ccc(Cl)cc3F)O4)CC2)n(CC2CCO2)c1-c1csc(C(=O)O)n1. The molecule has 3 aliphatic rings. The highest BCUT2D eigenvalue weighted by molar-refractivity contribution is 7.11. The Morgan fingerprint density at radius 3 is 2.66 bits per heavy atom.